The van der Waals surface area contributed by atoms with Gasteiger partial charge in [-0.15, -0.1) is 0 Å². The van der Waals surface area contributed by atoms with Gasteiger partial charge in [0.15, 0.2) is 11.4 Å². The van der Waals surface area contributed by atoms with Gasteiger partial charge in [0.05, 0.1) is 11.6 Å². The van der Waals surface area contributed by atoms with Gasteiger partial charge in [0.25, 0.3) is 5.91 Å². The molecule has 0 unspecified atom stereocenters. The fourth-order valence-electron chi connectivity index (χ4n) is 6.76. The minimum atomic E-state index is -2.65. The van der Waals surface area contributed by atoms with E-state index in [2.05, 4.69) is 4.90 Å². The summed E-state index contributed by atoms with van der Waals surface area (Å²) in [4.78, 5) is 44.9. The van der Waals surface area contributed by atoms with Crippen molar-refractivity contribution in [2.75, 3.05) is 46.2 Å². The van der Waals surface area contributed by atoms with Gasteiger partial charge >= 0.3 is 0 Å². The van der Waals surface area contributed by atoms with Crippen LogP contribution in [0.15, 0.2) is 35.1 Å². The maximum Gasteiger partial charge on any atom is 0.255 e. The molecule has 39 heavy (non-hydrogen) atoms. The number of anilines is 1. The van der Waals surface area contributed by atoms with Crippen LogP contribution in [0.3, 0.4) is 0 Å². The van der Waals surface area contributed by atoms with E-state index in [1.165, 1.54) is 4.90 Å². The lowest BCUT2D eigenvalue weighted by Crippen LogP contribution is -2.65. The number of nitrogens with two attached hydrogens (primary N) is 1. The molecular formula is C28H34N4O7. The van der Waals surface area contributed by atoms with Gasteiger partial charge in [-0.25, -0.2) is 0 Å². The Morgan fingerprint density at radius 1 is 1.13 bits per heavy atom. The summed E-state index contributed by atoms with van der Waals surface area (Å²) >= 11 is 0. The highest BCUT2D eigenvalue weighted by Crippen LogP contribution is 2.54. The third-order valence-corrected chi connectivity index (χ3v) is 8.55. The summed E-state index contributed by atoms with van der Waals surface area (Å²) in [6.07, 6.45) is 4.36. The SMILES string of the molecule is CN(C)c1cc(CN2CC=CC2)c(O)c2c1C[C@H]1C[C@H]3[C@H](N(C)C)C(=O)C(C(N)=O)=C(O)[C@@]3(O)C(=O)C1=C2O. The van der Waals surface area contributed by atoms with Crippen LogP contribution >= 0.6 is 0 Å². The van der Waals surface area contributed by atoms with E-state index in [0.717, 1.165) is 18.8 Å². The number of rotatable bonds is 5. The molecular weight excluding hydrogens is 504 g/mol. The van der Waals surface area contributed by atoms with Gasteiger partial charge in [0.1, 0.15) is 22.8 Å². The number of aliphatic hydroxyl groups is 3. The van der Waals surface area contributed by atoms with Gasteiger partial charge in [-0.1, -0.05) is 12.2 Å². The fourth-order valence-corrected chi connectivity index (χ4v) is 6.76. The maximum absolute atomic E-state index is 14.0. The molecule has 0 spiro atoms. The molecule has 0 aromatic heterocycles. The molecule has 1 heterocycles. The largest absolute Gasteiger partial charge is 0.508 e. The van der Waals surface area contributed by atoms with Crippen molar-refractivity contribution in [2.24, 2.45) is 17.6 Å². The number of benzene rings is 1. The Morgan fingerprint density at radius 2 is 1.77 bits per heavy atom. The Labute approximate surface area is 226 Å². The highest BCUT2D eigenvalue weighted by Gasteiger charge is 2.64. The number of amides is 1. The Kier molecular flexibility index (Phi) is 6.36. The monoisotopic (exact) mass is 538 g/mol. The number of primary amides is 1. The van der Waals surface area contributed by atoms with E-state index in [1.807, 2.05) is 37.2 Å². The number of likely N-dealkylation sites (N-methyl/N-ethyl adjacent to an activating group) is 1. The van der Waals surface area contributed by atoms with Crippen LogP contribution in [0.4, 0.5) is 5.69 Å². The van der Waals surface area contributed by atoms with Crippen molar-refractivity contribution in [1.82, 2.24) is 9.80 Å². The minimum Gasteiger partial charge on any atom is -0.508 e. The molecule has 11 heteroatoms. The van der Waals surface area contributed by atoms with Crippen molar-refractivity contribution in [3.05, 3.63) is 51.8 Å². The lowest BCUT2D eigenvalue weighted by Gasteiger charge is -2.50. The molecule has 5 rings (SSSR count). The average molecular weight is 539 g/mol. The van der Waals surface area contributed by atoms with Crippen molar-refractivity contribution < 1.29 is 34.8 Å². The summed E-state index contributed by atoms with van der Waals surface area (Å²) < 4.78 is 0. The zero-order valence-electron chi connectivity index (χ0n) is 22.4. The zero-order valence-corrected chi connectivity index (χ0v) is 22.4. The summed E-state index contributed by atoms with van der Waals surface area (Å²) in [5.74, 6) is -6.48. The topological polar surface area (TPSA) is 168 Å². The quantitative estimate of drug-likeness (QED) is 0.261. The summed E-state index contributed by atoms with van der Waals surface area (Å²) in [7, 11) is 6.86. The molecule has 11 nitrogen and oxygen atoms in total. The van der Waals surface area contributed by atoms with Gasteiger partial charge in [0, 0.05) is 56.5 Å². The van der Waals surface area contributed by atoms with Crippen molar-refractivity contribution in [1.29, 1.82) is 0 Å². The van der Waals surface area contributed by atoms with E-state index >= 15 is 0 Å². The molecule has 1 fully saturated rings. The number of phenolic OH excluding ortho intramolecular Hbond substituents is 1. The third kappa shape index (κ3) is 3.79. The second-order valence-corrected chi connectivity index (χ2v) is 11.3. The zero-order chi connectivity index (χ0) is 28.5. The standard InChI is InChI=1S/C28H34N4O7/c1-30(2)17-11-14(12-32-7-5-6-8-32)22(33)19-15(17)9-13-10-16-21(31(3)4)24(35)20(27(29)38)26(37)28(16,39)25(36)18(13)23(19)34/h5-6,11,13,16,21,33-34,37,39H,7-10,12H2,1-4H3,(H2,29,38)/t13-,16-,21-,28-/m0/s1. The van der Waals surface area contributed by atoms with Crippen LogP contribution in [0.1, 0.15) is 23.1 Å². The molecule has 1 aromatic carbocycles. The first-order chi connectivity index (χ1) is 18.3. The van der Waals surface area contributed by atoms with Crippen molar-refractivity contribution >= 4 is 28.9 Å². The normalized spacial score (nSPS) is 28.6. The number of aromatic hydroxyl groups is 1. The Morgan fingerprint density at radius 3 is 2.33 bits per heavy atom. The summed E-state index contributed by atoms with van der Waals surface area (Å²) in [6, 6.07) is 0.771. The molecule has 1 aromatic rings. The first-order valence-corrected chi connectivity index (χ1v) is 12.9. The van der Waals surface area contributed by atoms with Crippen molar-refractivity contribution in [3.8, 4) is 5.75 Å². The first-order valence-electron chi connectivity index (χ1n) is 12.9. The van der Waals surface area contributed by atoms with Gasteiger partial charge in [-0.2, -0.15) is 0 Å². The summed E-state index contributed by atoms with van der Waals surface area (Å²) in [5.41, 5.74) is 3.85. The van der Waals surface area contributed by atoms with Crippen LogP contribution in [-0.2, 0) is 27.3 Å². The number of Topliss-reactive ketones (excluding diaryl/α,β-unsaturated/α-hetero) is 2. The summed E-state index contributed by atoms with van der Waals surface area (Å²) in [5, 5.41) is 45.7. The van der Waals surface area contributed by atoms with Gasteiger partial charge < -0.3 is 31.1 Å². The van der Waals surface area contributed by atoms with E-state index in [-0.39, 0.29) is 29.7 Å². The third-order valence-electron chi connectivity index (χ3n) is 8.55. The van der Waals surface area contributed by atoms with Crippen LogP contribution in [-0.4, -0.2) is 101 Å². The van der Waals surface area contributed by atoms with Gasteiger partial charge in [-0.05, 0) is 44.5 Å². The number of aliphatic hydroxyl groups excluding tert-OH is 2. The number of phenols is 1. The Balaban J connectivity index is 1.71. The molecule has 4 aliphatic rings. The van der Waals surface area contributed by atoms with Crippen molar-refractivity contribution in [2.45, 2.75) is 31.0 Å². The second-order valence-electron chi connectivity index (χ2n) is 11.3. The molecule has 3 aliphatic carbocycles. The molecule has 0 bridgehead atoms. The number of ketones is 2. The van der Waals surface area contributed by atoms with Crippen LogP contribution in [0, 0.1) is 11.8 Å². The molecule has 4 atom stereocenters. The van der Waals surface area contributed by atoms with E-state index < -0.39 is 58.0 Å². The van der Waals surface area contributed by atoms with E-state index in [0.29, 0.717) is 17.7 Å². The Bertz CT molecular complexity index is 1380. The number of hydrogen-bond acceptors (Lipinski definition) is 10. The maximum atomic E-state index is 14.0. The molecule has 0 saturated heterocycles. The molecule has 6 N–H and O–H groups in total. The predicted molar refractivity (Wildman–Crippen MR) is 143 cm³/mol. The van der Waals surface area contributed by atoms with E-state index in [4.69, 9.17) is 5.73 Å². The number of nitrogens with zero attached hydrogens (tertiary/aromatic N) is 3. The second kappa shape index (κ2) is 9.22. The van der Waals surface area contributed by atoms with Crippen molar-refractivity contribution in [3.63, 3.8) is 0 Å². The number of carbonyl (C=O) groups is 3. The minimum absolute atomic E-state index is 0.0561. The first kappa shape index (κ1) is 26.9. The highest BCUT2D eigenvalue weighted by atomic mass is 16.3. The molecule has 1 amide bonds. The van der Waals surface area contributed by atoms with E-state index in [9.17, 15) is 34.8 Å². The molecule has 0 radical (unpaired) electrons. The van der Waals surface area contributed by atoms with E-state index in [1.54, 1.807) is 14.1 Å². The summed E-state index contributed by atoms with van der Waals surface area (Å²) in [6.45, 7) is 1.85. The van der Waals surface area contributed by atoms with Gasteiger partial charge in [-0.3, -0.25) is 24.2 Å². The van der Waals surface area contributed by atoms with Crippen LogP contribution in [0.5, 0.6) is 5.75 Å². The van der Waals surface area contributed by atoms with Crippen LogP contribution in [0.25, 0.3) is 5.76 Å². The number of carbonyl (C=O) groups excluding carboxylic acids is 3. The number of hydrogen-bond donors (Lipinski definition) is 5. The Hall–Kier alpha value is -3.67. The van der Waals surface area contributed by atoms with Gasteiger partial charge in [0.2, 0.25) is 5.78 Å². The fraction of sp³-hybridized carbons (Fsp3) is 0.464. The lowest BCUT2D eigenvalue weighted by molar-refractivity contribution is -0.153. The van der Waals surface area contributed by atoms with Crippen LogP contribution in [0.2, 0.25) is 0 Å². The molecule has 208 valence electrons. The molecule has 1 aliphatic heterocycles. The smallest absolute Gasteiger partial charge is 0.255 e. The average Bonchev–Trinajstić information content (AvgIpc) is 3.35. The lowest BCUT2D eigenvalue weighted by atomic mass is 9.57. The number of fused-ring (bicyclic) bond motifs is 3. The molecule has 1 saturated carbocycles. The predicted octanol–water partition coefficient (Wildman–Crippen LogP) is 0.402. The highest BCUT2D eigenvalue weighted by molar-refractivity contribution is 6.24. The van der Waals surface area contributed by atoms with Crippen LogP contribution < -0.4 is 10.6 Å².